The molecule has 0 aromatic rings. The lowest BCUT2D eigenvalue weighted by Crippen LogP contribution is -2.43. The summed E-state index contributed by atoms with van der Waals surface area (Å²) in [6.45, 7) is 3.78. The molecule has 1 heterocycles. The second-order valence-corrected chi connectivity index (χ2v) is 3.25. The molecular weight excluding hydrogens is 170 g/mol. The van der Waals surface area contributed by atoms with Gasteiger partial charge in [0.2, 0.25) is 5.91 Å². The maximum absolute atomic E-state index is 11.4. The molecule has 0 aromatic heterocycles. The Bertz CT molecular complexity index is 215. The minimum atomic E-state index is -0.412. The molecule has 1 rings (SSSR count). The molecule has 1 amide bonds. The number of hydrogen-bond acceptors (Lipinski definition) is 3. The summed E-state index contributed by atoms with van der Waals surface area (Å²) in [5, 5.41) is 0. The predicted molar refractivity (Wildman–Crippen MR) is 46.8 cm³/mol. The van der Waals surface area contributed by atoms with Crippen molar-refractivity contribution in [3.8, 4) is 0 Å². The first-order valence-electron chi connectivity index (χ1n) is 4.58. The minimum Gasteiger partial charge on any atom is -0.442 e. The molecule has 4 heteroatoms. The fourth-order valence-electron chi connectivity index (χ4n) is 1.52. The van der Waals surface area contributed by atoms with Crippen LogP contribution in [0.4, 0.5) is 0 Å². The number of carbonyl (C=O) groups excluding carboxylic acids is 2. The van der Waals surface area contributed by atoms with E-state index in [0.717, 1.165) is 12.8 Å². The van der Waals surface area contributed by atoms with E-state index in [1.807, 2.05) is 0 Å². The standard InChI is InChI=1S/C9H15NO3/c1-7(13-8(2)11)10-6-4-3-5-9(10)12/h7H,3-6H2,1-2H3. The van der Waals surface area contributed by atoms with Gasteiger partial charge in [0.15, 0.2) is 6.23 Å². The van der Waals surface area contributed by atoms with Crippen LogP contribution >= 0.6 is 0 Å². The number of amides is 1. The number of hydrogen-bond donors (Lipinski definition) is 0. The van der Waals surface area contributed by atoms with Crippen molar-refractivity contribution in [2.75, 3.05) is 6.54 Å². The van der Waals surface area contributed by atoms with Crippen molar-refractivity contribution in [3.63, 3.8) is 0 Å². The zero-order valence-corrected chi connectivity index (χ0v) is 8.08. The zero-order valence-electron chi connectivity index (χ0n) is 8.08. The van der Waals surface area contributed by atoms with Gasteiger partial charge in [-0.2, -0.15) is 0 Å². The van der Waals surface area contributed by atoms with Gasteiger partial charge in [-0.15, -0.1) is 0 Å². The van der Waals surface area contributed by atoms with Crippen LogP contribution in [0.1, 0.15) is 33.1 Å². The Morgan fingerprint density at radius 1 is 1.54 bits per heavy atom. The highest BCUT2D eigenvalue weighted by atomic mass is 16.6. The molecule has 1 fully saturated rings. The van der Waals surface area contributed by atoms with Crippen LogP contribution in [-0.4, -0.2) is 29.5 Å². The van der Waals surface area contributed by atoms with Crippen LogP contribution in [0.25, 0.3) is 0 Å². The second kappa shape index (κ2) is 4.25. The van der Waals surface area contributed by atoms with Gasteiger partial charge in [-0.25, -0.2) is 0 Å². The van der Waals surface area contributed by atoms with Gasteiger partial charge in [0, 0.05) is 19.9 Å². The third-order valence-corrected chi connectivity index (χ3v) is 2.14. The first kappa shape index (κ1) is 10.0. The lowest BCUT2D eigenvalue weighted by atomic mass is 10.1. The van der Waals surface area contributed by atoms with Crippen molar-refractivity contribution in [1.29, 1.82) is 0 Å². The lowest BCUT2D eigenvalue weighted by molar-refractivity contribution is -0.162. The Morgan fingerprint density at radius 3 is 2.77 bits per heavy atom. The Balaban J connectivity index is 2.48. The molecule has 1 unspecified atom stereocenters. The third kappa shape index (κ3) is 2.72. The van der Waals surface area contributed by atoms with Gasteiger partial charge in [0.25, 0.3) is 0 Å². The van der Waals surface area contributed by atoms with E-state index >= 15 is 0 Å². The molecule has 0 aromatic carbocycles. The van der Waals surface area contributed by atoms with Crippen molar-refractivity contribution in [2.45, 2.75) is 39.3 Å². The van der Waals surface area contributed by atoms with Gasteiger partial charge < -0.3 is 9.64 Å². The molecule has 1 atom stereocenters. The Labute approximate surface area is 77.8 Å². The Hall–Kier alpha value is -1.06. The number of ether oxygens (including phenoxy) is 1. The van der Waals surface area contributed by atoms with E-state index < -0.39 is 6.23 Å². The van der Waals surface area contributed by atoms with E-state index in [0.29, 0.717) is 13.0 Å². The van der Waals surface area contributed by atoms with Crippen LogP contribution in [0, 0.1) is 0 Å². The molecule has 4 nitrogen and oxygen atoms in total. The summed E-state index contributed by atoms with van der Waals surface area (Å²) >= 11 is 0. The summed E-state index contributed by atoms with van der Waals surface area (Å²) in [5.41, 5.74) is 0. The van der Waals surface area contributed by atoms with Crippen LogP contribution in [0.3, 0.4) is 0 Å². The van der Waals surface area contributed by atoms with Gasteiger partial charge in [0.1, 0.15) is 0 Å². The maximum atomic E-state index is 11.4. The summed E-state index contributed by atoms with van der Waals surface area (Å²) in [4.78, 5) is 23.6. The number of nitrogens with zero attached hydrogens (tertiary/aromatic N) is 1. The summed E-state index contributed by atoms with van der Waals surface area (Å²) in [6.07, 6.45) is 2.11. The summed E-state index contributed by atoms with van der Waals surface area (Å²) in [7, 11) is 0. The Kier molecular flexibility index (Phi) is 3.28. The second-order valence-electron chi connectivity index (χ2n) is 3.25. The summed E-state index contributed by atoms with van der Waals surface area (Å²) < 4.78 is 4.93. The first-order chi connectivity index (χ1) is 6.11. The average Bonchev–Trinajstić information content (AvgIpc) is 2.03. The van der Waals surface area contributed by atoms with Crippen molar-refractivity contribution < 1.29 is 14.3 Å². The van der Waals surface area contributed by atoms with Crippen molar-refractivity contribution in [3.05, 3.63) is 0 Å². The smallest absolute Gasteiger partial charge is 0.304 e. The van der Waals surface area contributed by atoms with Crippen LogP contribution in [0.15, 0.2) is 0 Å². The van der Waals surface area contributed by atoms with Crippen molar-refractivity contribution in [1.82, 2.24) is 4.90 Å². The van der Waals surface area contributed by atoms with Crippen LogP contribution in [0.5, 0.6) is 0 Å². The van der Waals surface area contributed by atoms with Gasteiger partial charge >= 0.3 is 5.97 Å². The number of piperidine rings is 1. The van der Waals surface area contributed by atoms with E-state index in [1.54, 1.807) is 11.8 Å². The molecule has 74 valence electrons. The predicted octanol–water partition coefficient (Wildman–Crippen LogP) is 0.908. The normalized spacial score (nSPS) is 19.8. The average molecular weight is 185 g/mol. The SMILES string of the molecule is CC(=O)OC(C)N1CCCCC1=O. The molecule has 13 heavy (non-hydrogen) atoms. The fourth-order valence-corrected chi connectivity index (χ4v) is 1.52. The van der Waals surface area contributed by atoms with Crippen molar-refractivity contribution in [2.24, 2.45) is 0 Å². The Morgan fingerprint density at radius 2 is 2.23 bits per heavy atom. The largest absolute Gasteiger partial charge is 0.442 e. The highest BCUT2D eigenvalue weighted by molar-refractivity contribution is 5.77. The summed E-state index contributed by atoms with van der Waals surface area (Å²) in [5.74, 6) is -0.258. The number of esters is 1. The quantitative estimate of drug-likeness (QED) is 0.601. The molecule has 0 aliphatic carbocycles. The van der Waals surface area contributed by atoms with E-state index in [9.17, 15) is 9.59 Å². The van der Waals surface area contributed by atoms with E-state index in [4.69, 9.17) is 4.74 Å². The molecule has 0 saturated carbocycles. The first-order valence-corrected chi connectivity index (χ1v) is 4.58. The third-order valence-electron chi connectivity index (χ3n) is 2.14. The highest BCUT2D eigenvalue weighted by Gasteiger charge is 2.24. The topological polar surface area (TPSA) is 46.6 Å². The number of carbonyl (C=O) groups is 2. The number of likely N-dealkylation sites (tertiary alicyclic amines) is 1. The van der Waals surface area contributed by atoms with Gasteiger partial charge in [-0.05, 0) is 19.8 Å². The van der Waals surface area contributed by atoms with Gasteiger partial charge in [0.05, 0.1) is 0 Å². The fraction of sp³-hybridized carbons (Fsp3) is 0.778. The molecule has 0 radical (unpaired) electrons. The van der Waals surface area contributed by atoms with E-state index in [-0.39, 0.29) is 11.9 Å². The zero-order chi connectivity index (χ0) is 9.84. The highest BCUT2D eigenvalue weighted by Crippen LogP contribution is 2.14. The molecule has 1 saturated heterocycles. The van der Waals surface area contributed by atoms with E-state index in [2.05, 4.69) is 0 Å². The lowest BCUT2D eigenvalue weighted by Gasteiger charge is -2.31. The van der Waals surface area contributed by atoms with Crippen molar-refractivity contribution >= 4 is 11.9 Å². The summed E-state index contributed by atoms with van der Waals surface area (Å²) in [6, 6.07) is 0. The van der Waals surface area contributed by atoms with Crippen LogP contribution in [0.2, 0.25) is 0 Å². The molecule has 0 bridgehead atoms. The molecule has 0 spiro atoms. The monoisotopic (exact) mass is 185 g/mol. The molecule has 0 N–H and O–H groups in total. The molecular formula is C9H15NO3. The van der Waals surface area contributed by atoms with E-state index in [1.165, 1.54) is 6.92 Å². The molecule has 1 aliphatic heterocycles. The van der Waals surface area contributed by atoms with Crippen LogP contribution in [-0.2, 0) is 14.3 Å². The minimum absolute atomic E-state index is 0.0833. The van der Waals surface area contributed by atoms with Crippen LogP contribution < -0.4 is 0 Å². The number of rotatable bonds is 2. The van der Waals surface area contributed by atoms with Gasteiger partial charge in [-0.1, -0.05) is 0 Å². The maximum Gasteiger partial charge on any atom is 0.304 e. The van der Waals surface area contributed by atoms with Gasteiger partial charge in [-0.3, -0.25) is 9.59 Å². The molecule has 1 aliphatic rings.